The maximum absolute atomic E-state index is 9.98. The maximum Gasteiger partial charge on any atom is 0.120 e. The fraction of sp³-hybridized carbons (Fsp3) is 0.647. The molecule has 112 valence electrons. The second-order valence-corrected chi connectivity index (χ2v) is 6.12. The zero-order valence-corrected chi connectivity index (χ0v) is 12.4. The van der Waals surface area contributed by atoms with E-state index in [0.717, 1.165) is 31.4 Å². The number of rotatable bonds is 6. The average Bonchev–Trinajstić information content (AvgIpc) is 2.50. The number of aliphatic hydroxyl groups excluding tert-OH is 1. The number of phenols is 1. The van der Waals surface area contributed by atoms with E-state index >= 15 is 0 Å². The Morgan fingerprint density at radius 1 is 1.20 bits per heavy atom. The van der Waals surface area contributed by atoms with E-state index in [1.54, 1.807) is 6.07 Å². The van der Waals surface area contributed by atoms with Crippen molar-refractivity contribution in [2.75, 3.05) is 13.2 Å². The highest BCUT2D eigenvalue weighted by Crippen LogP contribution is 2.36. The standard InChI is InChI=1S/C17H27NO2/c1-2-15(14-8-4-5-9-16(14)20)18-12-17(13-19)10-6-3-7-11-17/h4-5,8-9,15,18-20H,2-3,6-7,10-13H2,1H3. The van der Waals surface area contributed by atoms with Crippen molar-refractivity contribution >= 4 is 0 Å². The van der Waals surface area contributed by atoms with Gasteiger partial charge in [-0.1, -0.05) is 44.4 Å². The second-order valence-electron chi connectivity index (χ2n) is 6.12. The summed E-state index contributed by atoms with van der Waals surface area (Å²) in [5, 5.41) is 23.3. The summed E-state index contributed by atoms with van der Waals surface area (Å²) >= 11 is 0. The Morgan fingerprint density at radius 3 is 2.50 bits per heavy atom. The van der Waals surface area contributed by atoms with Gasteiger partial charge in [-0.2, -0.15) is 0 Å². The minimum Gasteiger partial charge on any atom is -0.508 e. The molecule has 1 unspecified atom stereocenters. The van der Waals surface area contributed by atoms with E-state index in [-0.39, 0.29) is 18.1 Å². The minimum absolute atomic E-state index is 0.0378. The Hall–Kier alpha value is -1.06. The van der Waals surface area contributed by atoms with Crippen molar-refractivity contribution < 1.29 is 10.2 Å². The molecule has 3 heteroatoms. The highest BCUT2D eigenvalue weighted by Gasteiger charge is 2.31. The zero-order valence-electron chi connectivity index (χ0n) is 12.4. The summed E-state index contributed by atoms with van der Waals surface area (Å²) in [6.45, 7) is 3.21. The van der Waals surface area contributed by atoms with Crippen LogP contribution in [-0.4, -0.2) is 23.4 Å². The first-order chi connectivity index (χ1) is 9.71. The van der Waals surface area contributed by atoms with Gasteiger partial charge in [0.2, 0.25) is 0 Å². The van der Waals surface area contributed by atoms with Gasteiger partial charge in [-0.05, 0) is 25.3 Å². The van der Waals surface area contributed by atoms with Gasteiger partial charge in [0.05, 0.1) is 0 Å². The number of nitrogens with one attached hydrogen (secondary N) is 1. The van der Waals surface area contributed by atoms with Gasteiger partial charge in [0.15, 0.2) is 0 Å². The van der Waals surface area contributed by atoms with E-state index in [1.165, 1.54) is 19.3 Å². The molecule has 0 bridgehead atoms. The number of aliphatic hydroxyl groups is 1. The predicted octanol–water partition coefficient (Wildman–Crippen LogP) is 3.38. The normalized spacial score (nSPS) is 19.7. The molecule has 0 heterocycles. The fourth-order valence-corrected chi connectivity index (χ4v) is 3.29. The van der Waals surface area contributed by atoms with Crippen LogP contribution in [0.1, 0.15) is 57.1 Å². The van der Waals surface area contributed by atoms with Crippen molar-refractivity contribution in [1.29, 1.82) is 0 Å². The van der Waals surface area contributed by atoms with E-state index in [9.17, 15) is 10.2 Å². The molecule has 0 amide bonds. The Morgan fingerprint density at radius 2 is 1.90 bits per heavy atom. The Balaban J connectivity index is 2.01. The molecule has 0 saturated heterocycles. The van der Waals surface area contributed by atoms with Crippen molar-refractivity contribution in [3.05, 3.63) is 29.8 Å². The highest BCUT2D eigenvalue weighted by atomic mass is 16.3. The van der Waals surface area contributed by atoms with Gasteiger partial charge in [-0.15, -0.1) is 0 Å². The van der Waals surface area contributed by atoms with E-state index in [4.69, 9.17) is 0 Å². The van der Waals surface area contributed by atoms with Crippen molar-refractivity contribution in [2.45, 2.75) is 51.5 Å². The topological polar surface area (TPSA) is 52.5 Å². The van der Waals surface area contributed by atoms with Crippen molar-refractivity contribution in [2.24, 2.45) is 5.41 Å². The van der Waals surface area contributed by atoms with Gasteiger partial charge in [0, 0.05) is 30.2 Å². The summed E-state index contributed by atoms with van der Waals surface area (Å²) in [6.07, 6.45) is 6.87. The molecule has 0 spiro atoms. The largest absolute Gasteiger partial charge is 0.508 e. The SMILES string of the molecule is CCC(NCC1(CO)CCCCC1)c1ccccc1O. The third-order valence-corrected chi connectivity index (χ3v) is 4.69. The first kappa shape index (κ1) is 15.3. The lowest BCUT2D eigenvalue weighted by Crippen LogP contribution is -2.40. The molecule has 20 heavy (non-hydrogen) atoms. The zero-order chi connectivity index (χ0) is 14.4. The second kappa shape index (κ2) is 7.09. The van der Waals surface area contributed by atoms with Crippen molar-refractivity contribution in [3.63, 3.8) is 0 Å². The summed E-state index contributed by atoms with van der Waals surface area (Å²) in [7, 11) is 0. The van der Waals surface area contributed by atoms with E-state index in [2.05, 4.69) is 12.2 Å². The van der Waals surface area contributed by atoms with Crippen LogP contribution in [0.3, 0.4) is 0 Å². The van der Waals surface area contributed by atoms with Crippen molar-refractivity contribution in [1.82, 2.24) is 5.32 Å². The van der Waals surface area contributed by atoms with Gasteiger partial charge in [0.1, 0.15) is 5.75 Å². The van der Waals surface area contributed by atoms with Crippen LogP contribution in [0.4, 0.5) is 0 Å². The van der Waals surface area contributed by atoms with Gasteiger partial charge < -0.3 is 15.5 Å². The van der Waals surface area contributed by atoms with Crippen LogP contribution in [0.15, 0.2) is 24.3 Å². The number of aromatic hydroxyl groups is 1. The summed E-state index contributed by atoms with van der Waals surface area (Å²) in [4.78, 5) is 0. The molecule has 0 aliphatic heterocycles. The first-order valence-corrected chi connectivity index (χ1v) is 7.83. The summed E-state index contributed by atoms with van der Waals surface area (Å²) in [5.74, 6) is 0.355. The number of phenolic OH excluding ortho intramolecular Hbond substituents is 1. The van der Waals surface area contributed by atoms with Crippen molar-refractivity contribution in [3.8, 4) is 5.75 Å². The number of benzene rings is 1. The molecule has 0 aromatic heterocycles. The average molecular weight is 277 g/mol. The predicted molar refractivity (Wildman–Crippen MR) is 81.7 cm³/mol. The molecule has 3 nitrogen and oxygen atoms in total. The van der Waals surface area contributed by atoms with Crippen LogP contribution >= 0.6 is 0 Å². The Labute approximate surface area is 122 Å². The first-order valence-electron chi connectivity index (χ1n) is 7.83. The lowest BCUT2D eigenvalue weighted by Gasteiger charge is -2.37. The highest BCUT2D eigenvalue weighted by molar-refractivity contribution is 5.34. The van der Waals surface area contributed by atoms with Crippen LogP contribution < -0.4 is 5.32 Å². The molecule has 2 rings (SSSR count). The van der Waals surface area contributed by atoms with Crippen LogP contribution in [0.5, 0.6) is 5.75 Å². The lowest BCUT2D eigenvalue weighted by atomic mass is 9.74. The van der Waals surface area contributed by atoms with Gasteiger partial charge in [-0.25, -0.2) is 0 Å². The Kier molecular flexibility index (Phi) is 5.44. The molecule has 3 N–H and O–H groups in total. The van der Waals surface area contributed by atoms with Crippen LogP contribution in [0.2, 0.25) is 0 Å². The minimum atomic E-state index is 0.0378. The number of hydrogen-bond donors (Lipinski definition) is 3. The smallest absolute Gasteiger partial charge is 0.120 e. The molecule has 1 aliphatic carbocycles. The Bertz CT molecular complexity index is 413. The van der Waals surface area contributed by atoms with Crippen LogP contribution in [0.25, 0.3) is 0 Å². The molecule has 1 saturated carbocycles. The summed E-state index contributed by atoms with van der Waals surface area (Å²) in [6, 6.07) is 7.68. The third kappa shape index (κ3) is 3.53. The van der Waals surface area contributed by atoms with E-state index in [1.807, 2.05) is 18.2 Å². The maximum atomic E-state index is 9.98. The monoisotopic (exact) mass is 277 g/mol. The van der Waals surface area contributed by atoms with Gasteiger partial charge in [0.25, 0.3) is 0 Å². The molecular formula is C17H27NO2. The number of hydrogen-bond acceptors (Lipinski definition) is 3. The van der Waals surface area contributed by atoms with Gasteiger partial charge >= 0.3 is 0 Å². The summed E-state index contributed by atoms with van der Waals surface area (Å²) < 4.78 is 0. The van der Waals surface area contributed by atoms with Crippen LogP contribution in [-0.2, 0) is 0 Å². The molecule has 0 radical (unpaired) electrons. The van der Waals surface area contributed by atoms with Crippen LogP contribution in [0, 0.1) is 5.41 Å². The molecule has 1 aromatic rings. The molecular weight excluding hydrogens is 250 g/mol. The van der Waals surface area contributed by atoms with Gasteiger partial charge in [-0.3, -0.25) is 0 Å². The summed E-state index contributed by atoms with van der Waals surface area (Å²) in [5.41, 5.74) is 0.995. The molecule has 1 aromatic carbocycles. The lowest BCUT2D eigenvalue weighted by molar-refractivity contribution is 0.0780. The number of para-hydroxylation sites is 1. The molecule has 1 aliphatic rings. The molecule has 1 fully saturated rings. The van der Waals surface area contributed by atoms with E-state index in [0.29, 0.717) is 5.75 Å². The third-order valence-electron chi connectivity index (χ3n) is 4.69. The fourth-order valence-electron chi connectivity index (χ4n) is 3.29. The molecule has 1 atom stereocenters. The van der Waals surface area contributed by atoms with E-state index < -0.39 is 0 Å². The quantitative estimate of drug-likeness (QED) is 0.747.